The van der Waals surface area contributed by atoms with Gasteiger partial charge in [0.1, 0.15) is 0 Å². The molecule has 3 heteroatoms. The molecule has 1 fully saturated rings. The minimum absolute atomic E-state index is 0.130. The number of ether oxygens (including phenoxy) is 1. The lowest BCUT2D eigenvalue weighted by Gasteiger charge is -2.37. The summed E-state index contributed by atoms with van der Waals surface area (Å²) >= 11 is 0. The Labute approximate surface area is 85.5 Å². The highest BCUT2D eigenvalue weighted by Crippen LogP contribution is 2.39. The minimum atomic E-state index is -0.254. The molecule has 1 saturated carbocycles. The minimum Gasteiger partial charge on any atom is -0.465 e. The maximum atomic E-state index is 10.7. The third-order valence-electron chi connectivity index (χ3n) is 3.10. The first-order valence-corrected chi connectivity index (χ1v) is 5.32. The van der Waals surface area contributed by atoms with E-state index in [0.717, 1.165) is 19.3 Å². The molecule has 0 aromatic heterocycles. The largest absolute Gasteiger partial charge is 0.465 e. The average Bonchev–Trinajstić information content (AvgIpc) is 2.15. The number of esters is 1. The van der Waals surface area contributed by atoms with Crippen LogP contribution in [0.5, 0.6) is 0 Å². The molecule has 0 heterocycles. The number of hydrogen-bond donors (Lipinski definition) is 1. The van der Waals surface area contributed by atoms with Gasteiger partial charge in [0.15, 0.2) is 0 Å². The SMILES string of the molecule is CC(=O)OCC1(CO)CCC[C@@H](C)C1. The number of carbonyl (C=O) groups excluding carboxylic acids is 1. The monoisotopic (exact) mass is 200 g/mol. The van der Waals surface area contributed by atoms with Crippen LogP contribution in [0.15, 0.2) is 0 Å². The Morgan fingerprint density at radius 2 is 2.36 bits per heavy atom. The Hall–Kier alpha value is -0.570. The highest BCUT2D eigenvalue weighted by molar-refractivity contribution is 5.65. The van der Waals surface area contributed by atoms with Crippen molar-refractivity contribution in [3.63, 3.8) is 0 Å². The zero-order valence-corrected chi connectivity index (χ0v) is 9.08. The van der Waals surface area contributed by atoms with E-state index in [0.29, 0.717) is 12.5 Å². The van der Waals surface area contributed by atoms with Crippen LogP contribution in [-0.2, 0) is 9.53 Å². The molecule has 1 N–H and O–H groups in total. The molecule has 1 aliphatic carbocycles. The second-order valence-corrected chi connectivity index (χ2v) is 4.64. The van der Waals surface area contributed by atoms with Crippen molar-refractivity contribution in [2.75, 3.05) is 13.2 Å². The fourth-order valence-electron chi connectivity index (χ4n) is 2.34. The first kappa shape index (κ1) is 11.5. The second kappa shape index (κ2) is 4.78. The van der Waals surface area contributed by atoms with Gasteiger partial charge < -0.3 is 9.84 Å². The van der Waals surface area contributed by atoms with Crippen LogP contribution in [0.4, 0.5) is 0 Å². The summed E-state index contributed by atoms with van der Waals surface area (Å²) in [4.78, 5) is 10.7. The van der Waals surface area contributed by atoms with Crippen LogP contribution in [0.25, 0.3) is 0 Å². The Morgan fingerprint density at radius 3 is 2.86 bits per heavy atom. The lowest BCUT2D eigenvalue weighted by molar-refractivity contribution is -0.147. The molecule has 0 aromatic carbocycles. The zero-order chi connectivity index (χ0) is 10.6. The van der Waals surface area contributed by atoms with E-state index in [9.17, 15) is 9.90 Å². The van der Waals surface area contributed by atoms with Gasteiger partial charge in [-0.3, -0.25) is 4.79 Å². The van der Waals surface area contributed by atoms with Crippen molar-refractivity contribution in [1.29, 1.82) is 0 Å². The van der Waals surface area contributed by atoms with Gasteiger partial charge in [-0.05, 0) is 18.8 Å². The Balaban J connectivity index is 2.51. The molecule has 3 nitrogen and oxygen atoms in total. The quantitative estimate of drug-likeness (QED) is 0.706. The molecule has 1 unspecified atom stereocenters. The van der Waals surface area contributed by atoms with Crippen molar-refractivity contribution < 1.29 is 14.6 Å². The topological polar surface area (TPSA) is 46.5 Å². The van der Waals surface area contributed by atoms with Crippen molar-refractivity contribution in [1.82, 2.24) is 0 Å². The number of hydrogen-bond acceptors (Lipinski definition) is 3. The molecule has 82 valence electrons. The van der Waals surface area contributed by atoms with Gasteiger partial charge in [0, 0.05) is 12.3 Å². The Kier molecular flexibility index (Phi) is 3.93. The predicted octanol–water partition coefficient (Wildman–Crippen LogP) is 1.74. The van der Waals surface area contributed by atoms with Gasteiger partial charge >= 0.3 is 5.97 Å². The van der Waals surface area contributed by atoms with Gasteiger partial charge in [0.05, 0.1) is 13.2 Å². The van der Waals surface area contributed by atoms with E-state index in [1.807, 2.05) is 0 Å². The number of carbonyl (C=O) groups is 1. The van der Waals surface area contributed by atoms with Gasteiger partial charge in [-0.25, -0.2) is 0 Å². The third kappa shape index (κ3) is 2.98. The van der Waals surface area contributed by atoms with Gasteiger partial charge in [0.25, 0.3) is 0 Å². The predicted molar refractivity (Wildman–Crippen MR) is 53.8 cm³/mol. The van der Waals surface area contributed by atoms with E-state index in [2.05, 4.69) is 6.92 Å². The van der Waals surface area contributed by atoms with Crippen molar-refractivity contribution in [2.24, 2.45) is 11.3 Å². The van der Waals surface area contributed by atoms with Gasteiger partial charge in [-0.15, -0.1) is 0 Å². The highest BCUT2D eigenvalue weighted by Gasteiger charge is 2.35. The first-order chi connectivity index (χ1) is 6.58. The summed E-state index contributed by atoms with van der Waals surface area (Å²) < 4.78 is 5.03. The summed E-state index contributed by atoms with van der Waals surface area (Å²) in [5, 5.41) is 9.38. The normalized spacial score (nSPS) is 32.6. The van der Waals surface area contributed by atoms with Crippen molar-refractivity contribution in [3.8, 4) is 0 Å². The molecule has 14 heavy (non-hydrogen) atoms. The van der Waals surface area contributed by atoms with Gasteiger partial charge in [0.2, 0.25) is 0 Å². The summed E-state index contributed by atoms with van der Waals surface area (Å²) in [5.41, 5.74) is -0.163. The number of aliphatic hydroxyl groups excluding tert-OH is 1. The zero-order valence-electron chi connectivity index (χ0n) is 9.08. The molecule has 0 saturated heterocycles. The first-order valence-electron chi connectivity index (χ1n) is 5.32. The van der Waals surface area contributed by atoms with Crippen LogP contribution < -0.4 is 0 Å². The van der Waals surface area contributed by atoms with E-state index in [1.54, 1.807) is 0 Å². The van der Waals surface area contributed by atoms with Gasteiger partial charge in [-0.1, -0.05) is 19.8 Å². The van der Waals surface area contributed by atoms with Crippen LogP contribution in [0.1, 0.15) is 39.5 Å². The number of rotatable bonds is 3. The fourth-order valence-corrected chi connectivity index (χ4v) is 2.34. The molecule has 0 aromatic rings. The molecule has 0 radical (unpaired) electrons. The van der Waals surface area contributed by atoms with E-state index in [1.165, 1.54) is 13.3 Å². The molecule has 2 atom stereocenters. The van der Waals surface area contributed by atoms with Gasteiger partial charge in [-0.2, -0.15) is 0 Å². The standard InChI is InChI=1S/C11H20O3/c1-9-4-3-5-11(6-9,7-12)8-14-10(2)13/h9,12H,3-8H2,1-2H3/t9-,11?/m1/s1. The van der Waals surface area contributed by atoms with Crippen LogP contribution in [-0.4, -0.2) is 24.3 Å². The summed E-state index contributed by atoms with van der Waals surface area (Å²) in [7, 11) is 0. The Bertz CT molecular complexity index is 203. The van der Waals surface area contributed by atoms with Crippen LogP contribution >= 0.6 is 0 Å². The van der Waals surface area contributed by atoms with E-state index in [-0.39, 0.29) is 18.0 Å². The Morgan fingerprint density at radius 1 is 1.64 bits per heavy atom. The van der Waals surface area contributed by atoms with Crippen LogP contribution in [0.2, 0.25) is 0 Å². The van der Waals surface area contributed by atoms with Crippen LogP contribution in [0.3, 0.4) is 0 Å². The smallest absolute Gasteiger partial charge is 0.302 e. The third-order valence-corrected chi connectivity index (χ3v) is 3.10. The molecular formula is C11H20O3. The van der Waals surface area contributed by atoms with Crippen molar-refractivity contribution >= 4 is 5.97 Å². The molecule has 0 amide bonds. The summed E-state index contributed by atoms with van der Waals surface area (Å²) in [6.45, 7) is 4.11. The maximum absolute atomic E-state index is 10.7. The van der Waals surface area contributed by atoms with E-state index < -0.39 is 0 Å². The van der Waals surface area contributed by atoms with Crippen molar-refractivity contribution in [3.05, 3.63) is 0 Å². The molecule has 1 aliphatic rings. The van der Waals surface area contributed by atoms with E-state index in [4.69, 9.17) is 4.74 Å². The van der Waals surface area contributed by atoms with Crippen molar-refractivity contribution in [2.45, 2.75) is 39.5 Å². The highest BCUT2D eigenvalue weighted by atomic mass is 16.5. The van der Waals surface area contributed by atoms with E-state index >= 15 is 0 Å². The summed E-state index contributed by atoms with van der Waals surface area (Å²) in [5.74, 6) is 0.377. The summed E-state index contributed by atoms with van der Waals surface area (Å²) in [6.07, 6.45) is 4.29. The molecular weight excluding hydrogens is 180 g/mol. The molecule has 1 rings (SSSR count). The molecule has 0 spiro atoms. The summed E-state index contributed by atoms with van der Waals surface area (Å²) in [6, 6.07) is 0. The number of aliphatic hydroxyl groups is 1. The average molecular weight is 200 g/mol. The molecule has 0 aliphatic heterocycles. The molecule has 0 bridgehead atoms. The van der Waals surface area contributed by atoms with Crippen LogP contribution in [0, 0.1) is 11.3 Å². The maximum Gasteiger partial charge on any atom is 0.302 e. The lowest BCUT2D eigenvalue weighted by Crippen LogP contribution is -2.36. The second-order valence-electron chi connectivity index (χ2n) is 4.64. The lowest BCUT2D eigenvalue weighted by atomic mass is 9.71. The fraction of sp³-hybridized carbons (Fsp3) is 0.909.